The summed E-state index contributed by atoms with van der Waals surface area (Å²) in [5.41, 5.74) is 3.47. The molecule has 35 heavy (non-hydrogen) atoms. The van der Waals surface area contributed by atoms with Gasteiger partial charge in [0.15, 0.2) is 6.10 Å². The van der Waals surface area contributed by atoms with Crippen LogP contribution >= 0.6 is 0 Å². The highest BCUT2D eigenvalue weighted by molar-refractivity contribution is 5.79. The van der Waals surface area contributed by atoms with Gasteiger partial charge in [-0.15, -0.1) is 0 Å². The van der Waals surface area contributed by atoms with E-state index in [0.29, 0.717) is 34.9 Å². The number of epoxide rings is 1. The molecule has 2 aliphatic carbocycles. The Kier molecular flexibility index (Phi) is 10.4. The monoisotopic (exact) mass is 488 g/mol. The van der Waals surface area contributed by atoms with Crippen LogP contribution in [0.5, 0.6) is 0 Å². The smallest absolute Gasteiger partial charge is 0.338 e. The molecule has 4 nitrogen and oxygen atoms in total. The van der Waals surface area contributed by atoms with Crippen molar-refractivity contribution in [3.63, 3.8) is 0 Å². The van der Waals surface area contributed by atoms with Crippen molar-refractivity contribution < 1.29 is 19.1 Å². The number of methoxy groups -OCH3 is 1. The molecule has 0 spiro atoms. The van der Waals surface area contributed by atoms with Crippen LogP contribution < -0.4 is 0 Å². The van der Waals surface area contributed by atoms with Crippen molar-refractivity contribution in [1.82, 2.24) is 0 Å². The van der Waals surface area contributed by atoms with Crippen LogP contribution in [0.15, 0.2) is 23.3 Å². The first-order chi connectivity index (χ1) is 16.3. The Labute approximate surface area is 215 Å². The molecule has 1 aliphatic heterocycles. The van der Waals surface area contributed by atoms with Crippen molar-refractivity contribution in [3.8, 4) is 0 Å². The fraction of sp³-hybridized carbons (Fsp3) is 0.806. The lowest BCUT2D eigenvalue weighted by atomic mass is 9.66. The van der Waals surface area contributed by atoms with Gasteiger partial charge in [0.2, 0.25) is 0 Å². The van der Waals surface area contributed by atoms with Gasteiger partial charge in [-0.3, -0.25) is 4.79 Å². The second kappa shape index (κ2) is 12.2. The molecule has 0 aromatic heterocycles. The van der Waals surface area contributed by atoms with Crippen molar-refractivity contribution in [3.05, 3.63) is 23.3 Å². The number of esters is 1. The number of carbonyl (C=O) groups is 2. The minimum Gasteiger partial charge on any atom is -0.467 e. The molecule has 0 aromatic carbocycles. The Balaban J connectivity index is 0.000000258. The Hall–Kier alpha value is -1.42. The van der Waals surface area contributed by atoms with Crippen LogP contribution in [-0.4, -0.2) is 30.6 Å². The Bertz CT molecular complexity index is 803. The highest BCUT2D eigenvalue weighted by Gasteiger charge is 2.60. The van der Waals surface area contributed by atoms with Crippen LogP contribution in [0.25, 0.3) is 0 Å². The molecular formula is C31H52O4. The Morgan fingerprint density at radius 2 is 1.46 bits per heavy atom. The van der Waals surface area contributed by atoms with Gasteiger partial charge in [0.05, 0.1) is 7.11 Å². The van der Waals surface area contributed by atoms with Crippen molar-refractivity contribution in [2.45, 2.75) is 131 Å². The molecule has 0 amide bonds. The summed E-state index contributed by atoms with van der Waals surface area (Å²) in [6.07, 6.45) is 14.7. The lowest BCUT2D eigenvalue weighted by molar-refractivity contribution is -0.142. The normalized spacial score (nSPS) is 30.8. The molecule has 0 aromatic rings. The van der Waals surface area contributed by atoms with Gasteiger partial charge in [0.1, 0.15) is 11.4 Å². The van der Waals surface area contributed by atoms with Gasteiger partial charge < -0.3 is 9.47 Å². The van der Waals surface area contributed by atoms with E-state index in [0.717, 1.165) is 32.1 Å². The van der Waals surface area contributed by atoms with Crippen molar-refractivity contribution in [2.75, 3.05) is 7.11 Å². The SMILES string of the molecule is CCC(=O)CCC1C(C)=CCCC1(C)C.CCC1(CCC2C(C)=CCCC2(C)C)OC1C(=O)OC. The summed E-state index contributed by atoms with van der Waals surface area (Å²) in [5.74, 6) is 1.40. The number of ether oxygens (including phenoxy) is 2. The van der Waals surface area contributed by atoms with Crippen LogP contribution in [0.1, 0.15) is 120 Å². The molecule has 3 aliphatic rings. The molecule has 3 rings (SSSR count). The average molecular weight is 489 g/mol. The first-order valence-corrected chi connectivity index (χ1v) is 13.9. The fourth-order valence-electron chi connectivity index (χ4n) is 6.52. The highest BCUT2D eigenvalue weighted by atomic mass is 16.7. The van der Waals surface area contributed by atoms with Crippen LogP contribution in [0.4, 0.5) is 0 Å². The molecule has 0 radical (unpaired) electrons. The number of carbonyl (C=O) groups excluding carboxylic acids is 2. The number of allylic oxidation sites excluding steroid dienone is 4. The fourth-order valence-corrected chi connectivity index (χ4v) is 6.52. The van der Waals surface area contributed by atoms with E-state index >= 15 is 0 Å². The largest absolute Gasteiger partial charge is 0.467 e. The molecule has 1 fully saturated rings. The summed E-state index contributed by atoms with van der Waals surface area (Å²) < 4.78 is 10.5. The first kappa shape index (κ1) is 29.8. The standard InChI is InChI=1S/C17H28O3.C14H24O/c1-6-17(14(20-17)15(18)19-5)11-9-13-12(2)8-7-10-16(13,3)4;1-5-12(15)8-9-13-11(2)7-6-10-14(13,3)4/h8,13-14H,6-7,9-11H2,1-5H3;7,13H,5-6,8-10H2,1-4H3. The lowest BCUT2D eigenvalue weighted by Gasteiger charge is -2.39. The zero-order valence-corrected chi connectivity index (χ0v) is 24.1. The minimum absolute atomic E-state index is 0.220. The van der Waals surface area contributed by atoms with Crippen molar-refractivity contribution in [1.29, 1.82) is 0 Å². The van der Waals surface area contributed by atoms with Gasteiger partial charge in [-0.05, 0) is 87.9 Å². The summed E-state index contributed by atoms with van der Waals surface area (Å²) in [6, 6.07) is 0. The average Bonchev–Trinajstić information content (AvgIpc) is 3.52. The molecular weight excluding hydrogens is 436 g/mol. The van der Waals surface area contributed by atoms with Crippen LogP contribution in [0, 0.1) is 22.7 Å². The maximum Gasteiger partial charge on any atom is 0.338 e. The van der Waals surface area contributed by atoms with Crippen LogP contribution in [0.3, 0.4) is 0 Å². The van der Waals surface area contributed by atoms with Gasteiger partial charge in [0.25, 0.3) is 0 Å². The van der Waals surface area contributed by atoms with E-state index < -0.39 is 0 Å². The third-order valence-electron chi connectivity index (χ3n) is 9.25. The molecule has 4 atom stereocenters. The van der Waals surface area contributed by atoms with Crippen molar-refractivity contribution in [2.24, 2.45) is 22.7 Å². The topological polar surface area (TPSA) is 55.9 Å². The number of hydrogen-bond acceptors (Lipinski definition) is 4. The zero-order chi connectivity index (χ0) is 26.4. The van der Waals surface area contributed by atoms with Gasteiger partial charge in [0, 0.05) is 12.8 Å². The Morgan fingerprint density at radius 3 is 1.89 bits per heavy atom. The molecule has 1 heterocycles. The second-order valence-corrected chi connectivity index (χ2v) is 12.5. The Morgan fingerprint density at radius 1 is 0.943 bits per heavy atom. The van der Waals surface area contributed by atoms with Gasteiger partial charge in [-0.25, -0.2) is 4.79 Å². The number of ketones is 1. The quantitative estimate of drug-likeness (QED) is 0.187. The van der Waals surface area contributed by atoms with E-state index in [1.54, 1.807) is 0 Å². The van der Waals surface area contributed by atoms with Gasteiger partial charge in [-0.2, -0.15) is 0 Å². The van der Waals surface area contributed by atoms with Gasteiger partial charge in [-0.1, -0.05) is 64.8 Å². The summed E-state index contributed by atoms with van der Waals surface area (Å²) in [5, 5.41) is 0. The molecule has 1 saturated heterocycles. The third kappa shape index (κ3) is 7.54. The van der Waals surface area contributed by atoms with Crippen LogP contribution in [-0.2, 0) is 19.1 Å². The number of rotatable bonds is 9. The molecule has 4 unspecified atom stereocenters. The molecule has 0 bridgehead atoms. The minimum atomic E-state index is -0.339. The molecule has 200 valence electrons. The summed E-state index contributed by atoms with van der Waals surface area (Å²) in [4.78, 5) is 23.0. The van der Waals surface area contributed by atoms with E-state index in [1.165, 1.54) is 43.9 Å². The lowest BCUT2D eigenvalue weighted by Crippen LogP contribution is -2.30. The summed E-state index contributed by atoms with van der Waals surface area (Å²) in [6.45, 7) is 17.9. The first-order valence-electron chi connectivity index (χ1n) is 13.9. The highest BCUT2D eigenvalue weighted by Crippen LogP contribution is 2.49. The van der Waals surface area contributed by atoms with E-state index in [9.17, 15) is 9.59 Å². The van der Waals surface area contributed by atoms with E-state index in [-0.39, 0.29) is 17.7 Å². The van der Waals surface area contributed by atoms with Gasteiger partial charge >= 0.3 is 5.97 Å². The van der Waals surface area contributed by atoms with E-state index in [2.05, 4.69) is 60.6 Å². The van der Waals surface area contributed by atoms with Crippen LogP contribution in [0.2, 0.25) is 0 Å². The zero-order valence-electron chi connectivity index (χ0n) is 24.1. The number of hydrogen-bond donors (Lipinski definition) is 0. The summed E-state index contributed by atoms with van der Waals surface area (Å²) in [7, 11) is 1.43. The van der Waals surface area contributed by atoms with E-state index in [4.69, 9.17) is 9.47 Å². The van der Waals surface area contributed by atoms with E-state index in [1.807, 2.05) is 6.92 Å². The summed E-state index contributed by atoms with van der Waals surface area (Å²) >= 11 is 0. The maximum absolute atomic E-state index is 11.6. The number of Topliss-reactive ketones (excluding diaryl/α,β-unsaturated/α-hetero) is 1. The molecule has 4 heteroatoms. The van der Waals surface area contributed by atoms with Crippen molar-refractivity contribution >= 4 is 11.8 Å². The molecule has 0 saturated carbocycles. The third-order valence-corrected chi connectivity index (χ3v) is 9.25. The predicted octanol–water partition coefficient (Wildman–Crippen LogP) is 8.00. The second-order valence-electron chi connectivity index (χ2n) is 12.5. The predicted molar refractivity (Wildman–Crippen MR) is 144 cm³/mol. The maximum atomic E-state index is 11.6. The molecule has 0 N–H and O–H groups in total.